The van der Waals surface area contributed by atoms with Gasteiger partial charge in [-0.15, -0.1) is 0 Å². The van der Waals surface area contributed by atoms with Crippen LogP contribution in [0.3, 0.4) is 0 Å². The van der Waals surface area contributed by atoms with Crippen molar-refractivity contribution in [2.45, 2.75) is 37.6 Å². The van der Waals surface area contributed by atoms with E-state index >= 15 is 0 Å². The molecular weight excluding hydrogens is 274 g/mol. The lowest BCUT2D eigenvalue weighted by Crippen LogP contribution is -2.42. The minimum absolute atomic E-state index is 0.137. The Hall–Kier alpha value is -1.07. The second-order valence-corrected chi connectivity index (χ2v) is 7.70. The maximum absolute atomic E-state index is 11.5. The van der Waals surface area contributed by atoms with Crippen LogP contribution in [-0.2, 0) is 9.84 Å². The minimum atomic E-state index is -3.18. The molecule has 0 N–H and O–H groups in total. The molecule has 5 heteroatoms. The highest BCUT2D eigenvalue weighted by atomic mass is 32.2. The Balaban J connectivity index is 2.59. The molecule has 1 rings (SSSR count). The van der Waals surface area contributed by atoms with Crippen molar-refractivity contribution >= 4 is 9.84 Å². The van der Waals surface area contributed by atoms with E-state index in [4.69, 9.17) is 4.74 Å². The molecule has 4 nitrogen and oxygen atoms in total. The van der Waals surface area contributed by atoms with E-state index in [1.54, 1.807) is 24.3 Å². The summed E-state index contributed by atoms with van der Waals surface area (Å²) in [6.45, 7) is 7.87. The number of rotatable bonds is 7. The number of sulfone groups is 1. The summed E-state index contributed by atoms with van der Waals surface area (Å²) in [4.78, 5) is 2.53. The van der Waals surface area contributed by atoms with Crippen molar-refractivity contribution in [2.75, 3.05) is 26.5 Å². The number of hydrogen-bond acceptors (Lipinski definition) is 4. The van der Waals surface area contributed by atoms with Crippen molar-refractivity contribution in [1.29, 1.82) is 0 Å². The molecule has 1 aromatic carbocycles. The van der Waals surface area contributed by atoms with E-state index in [0.29, 0.717) is 12.4 Å². The molecule has 0 saturated carbocycles. The molecule has 0 amide bonds. The summed E-state index contributed by atoms with van der Waals surface area (Å²) in [5.74, 6) is 0.593. The summed E-state index contributed by atoms with van der Waals surface area (Å²) >= 11 is 0. The monoisotopic (exact) mass is 299 g/mol. The maximum atomic E-state index is 11.5. The Morgan fingerprint density at radius 1 is 1.30 bits per heavy atom. The lowest BCUT2D eigenvalue weighted by molar-refractivity contribution is 0.125. The molecule has 0 aliphatic heterocycles. The summed E-state index contributed by atoms with van der Waals surface area (Å²) in [6.07, 6.45) is 2.26. The lowest BCUT2D eigenvalue weighted by Gasteiger charge is -2.34. The van der Waals surface area contributed by atoms with Gasteiger partial charge in [-0.05, 0) is 45.5 Å². The predicted octanol–water partition coefficient (Wildman–Crippen LogP) is 2.59. The number of ether oxygens (including phenoxy) is 1. The van der Waals surface area contributed by atoms with Gasteiger partial charge in [-0.2, -0.15) is 0 Å². The highest BCUT2D eigenvalue weighted by Gasteiger charge is 2.20. The molecule has 0 fully saturated rings. The zero-order valence-corrected chi connectivity index (χ0v) is 13.8. The van der Waals surface area contributed by atoms with Crippen LogP contribution < -0.4 is 4.74 Å². The van der Waals surface area contributed by atoms with Gasteiger partial charge in [0.05, 0.1) is 4.90 Å². The lowest BCUT2D eigenvalue weighted by atomic mass is 10.0. The molecule has 0 aromatic heterocycles. The number of hydrogen-bond donors (Lipinski definition) is 0. The first-order valence-corrected chi connectivity index (χ1v) is 8.70. The average Bonchev–Trinajstić information content (AvgIpc) is 2.38. The topological polar surface area (TPSA) is 46.6 Å². The summed E-state index contributed by atoms with van der Waals surface area (Å²) in [6, 6.07) is 6.62. The molecule has 1 aromatic rings. The highest BCUT2D eigenvalue weighted by molar-refractivity contribution is 7.90. The summed E-state index contributed by atoms with van der Waals surface area (Å²) in [5.41, 5.74) is 0.137. The fraction of sp³-hybridized carbons (Fsp3) is 0.600. The second kappa shape index (κ2) is 6.59. The van der Waals surface area contributed by atoms with Crippen LogP contribution >= 0.6 is 0 Å². The molecular formula is C15H25NO3S. The van der Waals surface area contributed by atoms with Gasteiger partial charge in [0.25, 0.3) is 0 Å². The zero-order valence-electron chi connectivity index (χ0n) is 13.0. The van der Waals surface area contributed by atoms with Crippen molar-refractivity contribution < 1.29 is 13.2 Å². The van der Waals surface area contributed by atoms with E-state index in [-0.39, 0.29) is 10.4 Å². The van der Waals surface area contributed by atoms with Crippen molar-refractivity contribution in [1.82, 2.24) is 4.90 Å². The van der Waals surface area contributed by atoms with Crippen molar-refractivity contribution in [3.05, 3.63) is 24.3 Å². The molecule has 0 heterocycles. The molecule has 0 spiro atoms. The van der Waals surface area contributed by atoms with Crippen molar-refractivity contribution in [2.24, 2.45) is 0 Å². The van der Waals surface area contributed by atoms with Crippen LogP contribution in [0.15, 0.2) is 29.2 Å². The largest absolute Gasteiger partial charge is 0.492 e. The van der Waals surface area contributed by atoms with Crippen LogP contribution in [0.5, 0.6) is 5.75 Å². The minimum Gasteiger partial charge on any atom is -0.492 e. The fourth-order valence-electron chi connectivity index (χ4n) is 1.67. The summed E-state index contributed by atoms with van der Waals surface area (Å²) < 4.78 is 28.6. The number of likely N-dealkylation sites (N-methyl/N-ethyl adjacent to an activating group) is 1. The normalized spacial score (nSPS) is 12.7. The van der Waals surface area contributed by atoms with Crippen LogP contribution in [0.4, 0.5) is 0 Å². The van der Waals surface area contributed by atoms with Gasteiger partial charge in [-0.25, -0.2) is 8.42 Å². The first-order chi connectivity index (χ1) is 9.16. The Morgan fingerprint density at radius 2 is 1.95 bits per heavy atom. The predicted molar refractivity (Wildman–Crippen MR) is 82.0 cm³/mol. The SMILES string of the molecule is CCC(C)(C)N(C)CCOc1cccc(S(C)(=O)=O)c1. The Bertz CT molecular complexity index is 538. The van der Waals surface area contributed by atoms with Crippen molar-refractivity contribution in [3.8, 4) is 5.75 Å². The van der Waals surface area contributed by atoms with Crippen LogP contribution in [0.1, 0.15) is 27.2 Å². The van der Waals surface area contributed by atoms with Crippen LogP contribution in [0, 0.1) is 0 Å². The smallest absolute Gasteiger partial charge is 0.175 e. The van der Waals surface area contributed by atoms with Gasteiger partial charge in [-0.1, -0.05) is 13.0 Å². The van der Waals surface area contributed by atoms with Crippen LogP contribution in [-0.4, -0.2) is 45.3 Å². The molecule has 114 valence electrons. The summed E-state index contributed by atoms with van der Waals surface area (Å²) in [5, 5.41) is 0. The van der Waals surface area contributed by atoms with E-state index in [1.165, 1.54) is 6.26 Å². The third-order valence-corrected chi connectivity index (χ3v) is 4.94. The van der Waals surface area contributed by atoms with Gasteiger partial charge in [0, 0.05) is 18.3 Å². The fourth-order valence-corrected chi connectivity index (χ4v) is 2.32. The maximum Gasteiger partial charge on any atom is 0.175 e. The molecule has 0 saturated heterocycles. The average molecular weight is 299 g/mol. The quantitative estimate of drug-likeness (QED) is 0.776. The molecule has 20 heavy (non-hydrogen) atoms. The van der Waals surface area contributed by atoms with E-state index in [2.05, 4.69) is 32.7 Å². The number of benzene rings is 1. The second-order valence-electron chi connectivity index (χ2n) is 5.68. The molecule has 0 bridgehead atoms. The van der Waals surface area contributed by atoms with E-state index in [0.717, 1.165) is 13.0 Å². The van der Waals surface area contributed by atoms with Gasteiger partial charge in [0.2, 0.25) is 0 Å². The van der Waals surface area contributed by atoms with Gasteiger partial charge < -0.3 is 4.74 Å². The third kappa shape index (κ3) is 4.80. The Morgan fingerprint density at radius 3 is 2.50 bits per heavy atom. The van der Waals surface area contributed by atoms with Gasteiger partial charge >= 0.3 is 0 Å². The molecule has 0 radical (unpaired) electrons. The standard InChI is InChI=1S/C15H25NO3S/c1-6-15(2,3)16(4)10-11-19-13-8-7-9-14(12-13)20(5,17)18/h7-9,12H,6,10-11H2,1-5H3. The van der Waals surface area contributed by atoms with Crippen LogP contribution in [0.25, 0.3) is 0 Å². The molecule has 0 unspecified atom stereocenters. The van der Waals surface area contributed by atoms with Gasteiger partial charge in [0.15, 0.2) is 9.84 Å². The highest BCUT2D eigenvalue weighted by Crippen LogP contribution is 2.18. The Labute approximate surface area is 122 Å². The first kappa shape index (κ1) is 17.0. The van der Waals surface area contributed by atoms with E-state index < -0.39 is 9.84 Å². The summed E-state index contributed by atoms with van der Waals surface area (Å²) in [7, 11) is -1.12. The molecule has 0 aliphatic carbocycles. The molecule has 0 aliphatic rings. The van der Waals surface area contributed by atoms with E-state index in [1.807, 2.05) is 0 Å². The Kier molecular flexibility index (Phi) is 5.59. The van der Waals surface area contributed by atoms with Crippen LogP contribution in [0.2, 0.25) is 0 Å². The van der Waals surface area contributed by atoms with Gasteiger partial charge in [0.1, 0.15) is 12.4 Å². The number of nitrogens with zero attached hydrogens (tertiary/aromatic N) is 1. The van der Waals surface area contributed by atoms with Crippen molar-refractivity contribution in [3.63, 3.8) is 0 Å². The van der Waals surface area contributed by atoms with Gasteiger partial charge in [-0.3, -0.25) is 4.90 Å². The van der Waals surface area contributed by atoms with E-state index in [9.17, 15) is 8.42 Å². The molecule has 0 atom stereocenters. The zero-order chi connectivity index (χ0) is 15.4. The first-order valence-electron chi connectivity index (χ1n) is 6.81. The third-order valence-electron chi connectivity index (χ3n) is 3.83.